The topological polar surface area (TPSA) is 58.2 Å². The van der Waals surface area contributed by atoms with Crippen LogP contribution in [0, 0.1) is 12.8 Å². The van der Waals surface area contributed by atoms with Gasteiger partial charge in [-0.3, -0.25) is 9.59 Å². The molecule has 2 N–H and O–H groups in total. The maximum Gasteiger partial charge on any atom is 0.248 e. The van der Waals surface area contributed by atoms with Gasteiger partial charge in [-0.15, -0.1) is 11.3 Å². The third-order valence-corrected chi connectivity index (χ3v) is 4.64. The second-order valence-corrected chi connectivity index (χ2v) is 6.58. The van der Waals surface area contributed by atoms with Gasteiger partial charge < -0.3 is 10.6 Å². The van der Waals surface area contributed by atoms with Gasteiger partial charge in [-0.25, -0.2) is 0 Å². The summed E-state index contributed by atoms with van der Waals surface area (Å²) in [5.74, 6) is 0.0869. The Morgan fingerprint density at radius 1 is 1.09 bits per heavy atom. The molecule has 23 heavy (non-hydrogen) atoms. The lowest BCUT2D eigenvalue weighted by Gasteiger charge is -2.06. The molecule has 1 aromatic carbocycles. The Morgan fingerprint density at radius 3 is 2.30 bits per heavy atom. The van der Waals surface area contributed by atoms with E-state index in [9.17, 15) is 9.59 Å². The highest BCUT2D eigenvalue weighted by molar-refractivity contribution is 7.11. The molecule has 1 aromatic heterocycles. The van der Waals surface area contributed by atoms with Crippen molar-refractivity contribution in [3.05, 3.63) is 52.2 Å². The van der Waals surface area contributed by atoms with E-state index in [2.05, 4.69) is 10.6 Å². The molecule has 2 aromatic rings. The molecule has 0 bridgehead atoms. The minimum absolute atomic E-state index is 0.0797. The van der Waals surface area contributed by atoms with Crippen LogP contribution in [0.5, 0.6) is 0 Å². The van der Waals surface area contributed by atoms with Gasteiger partial charge in [0.2, 0.25) is 11.8 Å². The van der Waals surface area contributed by atoms with Gasteiger partial charge in [-0.1, -0.05) is 0 Å². The first-order chi connectivity index (χ1) is 11.1. The van der Waals surface area contributed by atoms with E-state index in [4.69, 9.17) is 0 Å². The number of rotatable bonds is 5. The van der Waals surface area contributed by atoms with Crippen LogP contribution >= 0.6 is 11.3 Å². The molecule has 3 rings (SSSR count). The number of hydrogen-bond acceptors (Lipinski definition) is 3. The van der Waals surface area contributed by atoms with E-state index in [1.54, 1.807) is 35.6 Å². The summed E-state index contributed by atoms with van der Waals surface area (Å²) in [6.45, 7) is 2.02. The number of benzene rings is 1. The molecule has 0 radical (unpaired) electrons. The minimum Gasteiger partial charge on any atom is -0.326 e. The molecule has 0 unspecified atom stereocenters. The predicted octanol–water partition coefficient (Wildman–Crippen LogP) is 4.06. The average Bonchev–Trinajstić information content (AvgIpc) is 3.31. The first-order valence-electron chi connectivity index (χ1n) is 7.56. The molecule has 1 aliphatic carbocycles. The van der Waals surface area contributed by atoms with Crippen LogP contribution in [0.2, 0.25) is 0 Å². The Kier molecular flexibility index (Phi) is 4.57. The molecule has 0 saturated heterocycles. The summed E-state index contributed by atoms with van der Waals surface area (Å²) in [6.07, 6.45) is 5.31. The van der Waals surface area contributed by atoms with Crippen molar-refractivity contribution in [1.82, 2.24) is 0 Å². The quantitative estimate of drug-likeness (QED) is 0.814. The molecular formula is C18H18N2O2S. The number of anilines is 2. The first-order valence-corrected chi connectivity index (χ1v) is 8.44. The standard InChI is InChI=1S/C18H18N2O2S/c1-12-10-11-23-16(12)8-9-17(21)19-14-4-6-15(7-5-14)20-18(22)13-2-3-13/h4-11,13H,2-3H2,1H3,(H,19,21)(H,20,22)/b9-8+. The van der Waals surface area contributed by atoms with Crippen molar-refractivity contribution in [3.8, 4) is 0 Å². The molecule has 2 amide bonds. The van der Waals surface area contributed by atoms with Crippen LogP contribution in [0.15, 0.2) is 41.8 Å². The van der Waals surface area contributed by atoms with Crippen LogP contribution in [0.4, 0.5) is 11.4 Å². The highest BCUT2D eigenvalue weighted by Crippen LogP contribution is 2.30. The van der Waals surface area contributed by atoms with Gasteiger partial charge in [0.1, 0.15) is 0 Å². The van der Waals surface area contributed by atoms with Gasteiger partial charge in [0.25, 0.3) is 0 Å². The fourth-order valence-electron chi connectivity index (χ4n) is 2.12. The summed E-state index contributed by atoms with van der Waals surface area (Å²) in [6, 6.07) is 9.18. The Balaban J connectivity index is 1.55. The molecule has 0 atom stereocenters. The van der Waals surface area contributed by atoms with E-state index in [1.807, 2.05) is 24.4 Å². The lowest BCUT2D eigenvalue weighted by molar-refractivity contribution is -0.117. The van der Waals surface area contributed by atoms with Crippen molar-refractivity contribution in [2.75, 3.05) is 10.6 Å². The monoisotopic (exact) mass is 326 g/mol. The number of carbonyl (C=O) groups excluding carboxylic acids is 2. The smallest absolute Gasteiger partial charge is 0.248 e. The molecule has 1 fully saturated rings. The van der Waals surface area contributed by atoms with Crippen molar-refractivity contribution in [2.45, 2.75) is 19.8 Å². The van der Waals surface area contributed by atoms with Crippen LogP contribution in [0.1, 0.15) is 23.3 Å². The lowest BCUT2D eigenvalue weighted by atomic mass is 10.2. The zero-order chi connectivity index (χ0) is 16.2. The normalized spacial score (nSPS) is 14.0. The number of hydrogen-bond donors (Lipinski definition) is 2. The van der Waals surface area contributed by atoms with Gasteiger partial charge in [-0.05, 0) is 67.1 Å². The van der Waals surface area contributed by atoms with Gasteiger partial charge >= 0.3 is 0 Å². The van der Waals surface area contributed by atoms with E-state index >= 15 is 0 Å². The van der Waals surface area contributed by atoms with Gasteiger partial charge in [0, 0.05) is 28.2 Å². The largest absolute Gasteiger partial charge is 0.326 e. The number of thiophene rings is 1. The first kappa shape index (κ1) is 15.5. The Bertz CT molecular complexity index is 743. The van der Waals surface area contributed by atoms with Crippen molar-refractivity contribution >= 4 is 40.6 Å². The van der Waals surface area contributed by atoms with Crippen LogP contribution < -0.4 is 10.6 Å². The van der Waals surface area contributed by atoms with Crippen molar-refractivity contribution in [1.29, 1.82) is 0 Å². The highest BCUT2D eigenvalue weighted by Gasteiger charge is 2.29. The lowest BCUT2D eigenvalue weighted by Crippen LogP contribution is -2.13. The molecule has 118 valence electrons. The van der Waals surface area contributed by atoms with Crippen LogP contribution in [0.25, 0.3) is 6.08 Å². The number of aryl methyl sites for hydroxylation is 1. The maximum absolute atomic E-state index is 11.9. The molecule has 0 spiro atoms. The summed E-state index contributed by atoms with van der Waals surface area (Å²) in [7, 11) is 0. The van der Waals surface area contributed by atoms with E-state index in [0.29, 0.717) is 5.69 Å². The summed E-state index contributed by atoms with van der Waals surface area (Å²) in [4.78, 5) is 24.7. The Hall–Kier alpha value is -2.40. The van der Waals surface area contributed by atoms with Crippen molar-refractivity contribution in [2.24, 2.45) is 5.92 Å². The van der Waals surface area contributed by atoms with E-state index in [1.165, 1.54) is 6.08 Å². The van der Waals surface area contributed by atoms with Crippen molar-refractivity contribution < 1.29 is 9.59 Å². The molecular weight excluding hydrogens is 308 g/mol. The molecule has 1 saturated carbocycles. The van der Waals surface area contributed by atoms with E-state index in [-0.39, 0.29) is 17.7 Å². The zero-order valence-electron chi connectivity index (χ0n) is 12.8. The van der Waals surface area contributed by atoms with Gasteiger partial charge in [0.05, 0.1) is 0 Å². The minimum atomic E-state index is -0.174. The second kappa shape index (κ2) is 6.79. The second-order valence-electron chi connectivity index (χ2n) is 5.63. The Morgan fingerprint density at radius 2 is 1.74 bits per heavy atom. The van der Waals surface area contributed by atoms with Crippen LogP contribution in [-0.2, 0) is 9.59 Å². The van der Waals surface area contributed by atoms with E-state index in [0.717, 1.165) is 29.0 Å². The molecule has 1 heterocycles. The van der Waals surface area contributed by atoms with E-state index < -0.39 is 0 Å². The highest BCUT2D eigenvalue weighted by atomic mass is 32.1. The Labute approximate surface area is 139 Å². The molecule has 1 aliphatic rings. The third kappa shape index (κ3) is 4.29. The fraction of sp³-hybridized carbons (Fsp3) is 0.222. The van der Waals surface area contributed by atoms with Gasteiger partial charge in [-0.2, -0.15) is 0 Å². The zero-order valence-corrected chi connectivity index (χ0v) is 13.7. The summed E-state index contributed by atoms with van der Waals surface area (Å²) < 4.78 is 0. The molecule has 0 aliphatic heterocycles. The predicted molar refractivity (Wildman–Crippen MR) is 94.5 cm³/mol. The number of nitrogens with one attached hydrogen (secondary N) is 2. The van der Waals surface area contributed by atoms with Crippen LogP contribution in [-0.4, -0.2) is 11.8 Å². The summed E-state index contributed by atoms with van der Waals surface area (Å²) in [5, 5.41) is 7.68. The number of amides is 2. The molecule has 4 nitrogen and oxygen atoms in total. The third-order valence-electron chi connectivity index (χ3n) is 3.66. The number of carbonyl (C=O) groups is 2. The van der Waals surface area contributed by atoms with Gasteiger partial charge in [0.15, 0.2) is 0 Å². The SMILES string of the molecule is Cc1ccsc1/C=C/C(=O)Nc1ccc(NC(=O)C2CC2)cc1. The summed E-state index contributed by atoms with van der Waals surface area (Å²) >= 11 is 1.61. The molecule has 5 heteroatoms. The average molecular weight is 326 g/mol. The fourth-order valence-corrected chi connectivity index (χ4v) is 2.94. The maximum atomic E-state index is 11.9. The van der Waals surface area contributed by atoms with Crippen LogP contribution in [0.3, 0.4) is 0 Å². The summed E-state index contributed by atoms with van der Waals surface area (Å²) in [5.41, 5.74) is 2.62. The van der Waals surface area contributed by atoms with Crippen molar-refractivity contribution in [3.63, 3.8) is 0 Å².